The number of rotatable bonds is 6. The van der Waals surface area contributed by atoms with Crippen molar-refractivity contribution >= 4 is 17.2 Å². The highest BCUT2D eigenvalue weighted by atomic mass is 31.2. The third-order valence-electron chi connectivity index (χ3n) is 5.56. The van der Waals surface area contributed by atoms with E-state index in [0.717, 1.165) is 11.3 Å². The van der Waals surface area contributed by atoms with Crippen LogP contribution in [0.3, 0.4) is 0 Å². The fourth-order valence-corrected chi connectivity index (χ4v) is 10.5. The molecule has 2 rings (SSSR count). The monoisotopic (exact) mass is 314 g/mol. The molecule has 0 aliphatic heterocycles. The minimum Gasteiger partial charge on any atom is -0.127 e. The molecular weight excluding hydrogens is 278 g/mol. The molecule has 0 spiro atoms. The largest absolute Gasteiger partial charge is 0.127 e. The lowest BCUT2D eigenvalue weighted by Crippen LogP contribution is -2.30. The number of hydrogen-bond acceptors (Lipinski definition) is 0. The van der Waals surface area contributed by atoms with Crippen LogP contribution in [0.4, 0.5) is 0 Å². The lowest BCUT2D eigenvalue weighted by atomic mass is 9.99. The molecule has 2 aliphatic carbocycles. The van der Waals surface area contributed by atoms with Crippen LogP contribution in [0, 0.1) is 0 Å². The maximum Gasteiger partial charge on any atom is 0.00262 e. The Balaban J connectivity index is 2.08. The molecule has 2 fully saturated rings. The predicted molar refractivity (Wildman–Crippen MR) is 98.3 cm³/mol. The minimum absolute atomic E-state index is 0.211. The molecule has 0 heterocycles. The summed E-state index contributed by atoms with van der Waals surface area (Å²) in [5.41, 5.74) is 2.20. The third kappa shape index (κ3) is 4.68. The second-order valence-corrected chi connectivity index (χ2v) is 12.5. The van der Waals surface area contributed by atoms with Crippen molar-refractivity contribution in [1.82, 2.24) is 0 Å². The minimum atomic E-state index is 0.211. The van der Waals surface area contributed by atoms with Crippen LogP contribution in [0.2, 0.25) is 0 Å². The molecule has 2 unspecified atom stereocenters. The summed E-state index contributed by atoms with van der Waals surface area (Å²) in [6, 6.07) is 0. The molecule has 2 saturated carbocycles. The SMILES string of the molecule is CCCCC(C)(P)P(C1CCCCC1)C1CCCCC1. The molecule has 2 heteroatoms. The van der Waals surface area contributed by atoms with Crippen LogP contribution < -0.4 is 0 Å². The van der Waals surface area contributed by atoms with Crippen LogP contribution in [0.15, 0.2) is 0 Å². The van der Waals surface area contributed by atoms with Gasteiger partial charge in [-0.15, -0.1) is 9.24 Å². The van der Waals surface area contributed by atoms with Crippen molar-refractivity contribution in [1.29, 1.82) is 0 Å². The molecule has 0 aromatic heterocycles. The fourth-order valence-electron chi connectivity index (χ4n) is 4.51. The number of hydrogen-bond donors (Lipinski definition) is 0. The summed E-state index contributed by atoms with van der Waals surface area (Å²) >= 11 is 0. The van der Waals surface area contributed by atoms with Crippen molar-refractivity contribution in [2.24, 2.45) is 0 Å². The summed E-state index contributed by atoms with van der Waals surface area (Å²) in [5.74, 6) is 0. The van der Waals surface area contributed by atoms with Crippen molar-refractivity contribution in [2.75, 3.05) is 0 Å². The molecule has 2 aliphatic rings. The maximum absolute atomic E-state index is 3.35. The van der Waals surface area contributed by atoms with E-state index in [1.807, 2.05) is 0 Å². The quantitative estimate of drug-likeness (QED) is 0.467. The van der Waals surface area contributed by atoms with Crippen molar-refractivity contribution in [3.05, 3.63) is 0 Å². The molecule has 0 nitrogen and oxygen atoms in total. The Morgan fingerprint density at radius 3 is 1.75 bits per heavy atom. The van der Waals surface area contributed by atoms with Gasteiger partial charge in [0.15, 0.2) is 0 Å². The summed E-state index contributed by atoms with van der Waals surface area (Å²) in [6.45, 7) is 4.95. The topological polar surface area (TPSA) is 0 Å². The zero-order chi connectivity index (χ0) is 14.4. The van der Waals surface area contributed by atoms with Crippen molar-refractivity contribution in [3.63, 3.8) is 0 Å². The van der Waals surface area contributed by atoms with Gasteiger partial charge in [0.05, 0.1) is 0 Å². The van der Waals surface area contributed by atoms with Gasteiger partial charge in [0.2, 0.25) is 0 Å². The van der Waals surface area contributed by atoms with Crippen molar-refractivity contribution < 1.29 is 0 Å². The molecule has 0 bridgehead atoms. The van der Waals surface area contributed by atoms with E-state index >= 15 is 0 Å². The maximum atomic E-state index is 3.35. The van der Waals surface area contributed by atoms with E-state index in [-0.39, 0.29) is 7.92 Å². The van der Waals surface area contributed by atoms with Crippen LogP contribution in [0.1, 0.15) is 97.3 Å². The molecule has 0 N–H and O–H groups in total. The number of unbranched alkanes of at least 4 members (excludes halogenated alkanes) is 1. The van der Waals surface area contributed by atoms with Crippen molar-refractivity contribution in [2.45, 2.75) is 114 Å². The molecule has 0 aromatic carbocycles. The smallest absolute Gasteiger partial charge is 0.00262 e. The van der Waals surface area contributed by atoms with Gasteiger partial charge < -0.3 is 0 Å². The van der Waals surface area contributed by atoms with E-state index in [0.29, 0.717) is 4.90 Å². The highest BCUT2D eigenvalue weighted by Gasteiger charge is 2.40. The van der Waals surface area contributed by atoms with E-state index in [4.69, 9.17) is 0 Å². The fraction of sp³-hybridized carbons (Fsp3) is 1.00. The lowest BCUT2D eigenvalue weighted by Gasteiger charge is -2.47. The summed E-state index contributed by atoms with van der Waals surface area (Å²) in [7, 11) is 3.56. The van der Waals surface area contributed by atoms with E-state index < -0.39 is 0 Å². The van der Waals surface area contributed by atoms with E-state index in [2.05, 4.69) is 23.1 Å². The summed E-state index contributed by atoms with van der Waals surface area (Å²) in [5, 5.41) is 0. The molecular formula is C18H36P2. The van der Waals surface area contributed by atoms with Crippen molar-refractivity contribution in [3.8, 4) is 0 Å². The zero-order valence-electron chi connectivity index (χ0n) is 13.9. The first kappa shape index (κ1) is 17.2. The van der Waals surface area contributed by atoms with E-state index in [1.54, 1.807) is 25.7 Å². The Hall–Kier alpha value is 0.860. The molecule has 20 heavy (non-hydrogen) atoms. The van der Waals surface area contributed by atoms with E-state index in [1.165, 1.54) is 57.8 Å². The summed E-state index contributed by atoms with van der Waals surface area (Å²) < 4.78 is 0. The van der Waals surface area contributed by atoms with Gasteiger partial charge in [0.25, 0.3) is 0 Å². The van der Waals surface area contributed by atoms with Gasteiger partial charge in [-0.2, -0.15) is 0 Å². The molecule has 0 radical (unpaired) electrons. The zero-order valence-corrected chi connectivity index (χ0v) is 15.9. The van der Waals surface area contributed by atoms with Crippen LogP contribution in [-0.4, -0.2) is 16.2 Å². The van der Waals surface area contributed by atoms with Gasteiger partial charge in [-0.25, -0.2) is 0 Å². The Labute approximate surface area is 131 Å². The Bertz CT molecular complexity index is 245. The standard InChI is InChI=1S/C18H36P2/c1-3-4-15-18(2,19)20(16-11-7-5-8-12-16)17-13-9-6-10-14-17/h16-17H,3-15,19H2,1-2H3. The first-order valence-electron chi connectivity index (χ1n) is 9.22. The van der Waals surface area contributed by atoms with Crippen LogP contribution in [-0.2, 0) is 0 Å². The highest BCUT2D eigenvalue weighted by molar-refractivity contribution is 7.67. The molecule has 2 atom stereocenters. The second kappa shape index (κ2) is 8.48. The van der Waals surface area contributed by atoms with Gasteiger partial charge in [0.1, 0.15) is 0 Å². The normalized spacial score (nSPS) is 25.8. The van der Waals surface area contributed by atoms with Crippen LogP contribution in [0.25, 0.3) is 0 Å². The van der Waals surface area contributed by atoms with Gasteiger partial charge in [0, 0.05) is 4.90 Å². The lowest BCUT2D eigenvalue weighted by molar-refractivity contribution is 0.477. The average Bonchev–Trinajstić information content (AvgIpc) is 2.47. The average molecular weight is 314 g/mol. The molecule has 118 valence electrons. The summed E-state index contributed by atoms with van der Waals surface area (Å²) in [6.07, 6.45) is 19.5. The van der Waals surface area contributed by atoms with Crippen LogP contribution in [0.5, 0.6) is 0 Å². The van der Waals surface area contributed by atoms with Gasteiger partial charge >= 0.3 is 0 Å². The van der Waals surface area contributed by atoms with E-state index in [9.17, 15) is 0 Å². The predicted octanol–water partition coefficient (Wildman–Crippen LogP) is 6.92. The Morgan fingerprint density at radius 1 is 0.900 bits per heavy atom. The first-order valence-corrected chi connectivity index (χ1v) is 11.3. The van der Waals surface area contributed by atoms with Gasteiger partial charge in [-0.05, 0) is 43.4 Å². The molecule has 0 amide bonds. The van der Waals surface area contributed by atoms with Gasteiger partial charge in [-0.3, -0.25) is 0 Å². The second-order valence-electron chi connectivity index (χ2n) is 7.45. The third-order valence-corrected chi connectivity index (χ3v) is 10.8. The Kier molecular flexibility index (Phi) is 7.30. The highest BCUT2D eigenvalue weighted by Crippen LogP contribution is 2.67. The molecule has 0 aromatic rings. The Morgan fingerprint density at radius 2 is 1.35 bits per heavy atom. The van der Waals surface area contributed by atoms with Gasteiger partial charge in [-0.1, -0.05) is 73.1 Å². The van der Waals surface area contributed by atoms with Crippen LogP contribution >= 0.6 is 17.2 Å². The first-order chi connectivity index (χ1) is 9.65. The summed E-state index contributed by atoms with van der Waals surface area (Å²) in [4.78, 5) is 0.565. The molecule has 0 saturated heterocycles.